The molecule has 0 unspecified atom stereocenters. The van der Waals surface area contributed by atoms with Crippen LogP contribution in [0.25, 0.3) is 0 Å². The van der Waals surface area contributed by atoms with Crippen LogP contribution in [0.5, 0.6) is 0 Å². The Labute approximate surface area is 107 Å². The summed E-state index contributed by atoms with van der Waals surface area (Å²) in [4.78, 5) is 34.8. The Bertz CT molecular complexity index is 323. The Hall–Kier alpha value is -1.79. The molecule has 0 rings (SSSR count). The first kappa shape index (κ1) is 16.2. The van der Waals surface area contributed by atoms with Crippen LogP contribution in [-0.4, -0.2) is 53.6 Å². The van der Waals surface area contributed by atoms with Gasteiger partial charge in [0.05, 0.1) is 13.0 Å². The van der Waals surface area contributed by atoms with Crippen molar-refractivity contribution >= 4 is 17.9 Å². The third kappa shape index (κ3) is 6.07. The van der Waals surface area contributed by atoms with Crippen LogP contribution in [0, 0.1) is 0 Å². The van der Waals surface area contributed by atoms with Gasteiger partial charge in [0.25, 0.3) is 0 Å². The average Bonchev–Trinajstić information content (AvgIpc) is 2.23. The maximum absolute atomic E-state index is 11.9. The molecule has 18 heavy (non-hydrogen) atoms. The molecule has 3 N–H and O–H groups in total. The minimum atomic E-state index is -0.969. The molecule has 0 saturated carbocycles. The van der Waals surface area contributed by atoms with E-state index < -0.39 is 17.5 Å². The number of nitrogens with one attached hydrogen (secondary N) is 2. The van der Waals surface area contributed by atoms with Crippen molar-refractivity contribution in [1.29, 1.82) is 0 Å². The smallest absolute Gasteiger partial charge is 0.318 e. The first-order valence-corrected chi connectivity index (χ1v) is 5.66. The molecule has 0 spiro atoms. The molecular weight excluding hydrogens is 238 g/mol. The maximum Gasteiger partial charge on any atom is 0.318 e. The second-order valence-corrected chi connectivity index (χ2v) is 4.80. The van der Waals surface area contributed by atoms with Gasteiger partial charge in [-0.15, -0.1) is 0 Å². The highest BCUT2D eigenvalue weighted by Gasteiger charge is 2.26. The lowest BCUT2D eigenvalue weighted by Crippen LogP contribution is -2.52. The van der Waals surface area contributed by atoms with Crippen molar-refractivity contribution in [2.45, 2.75) is 32.7 Å². The highest BCUT2D eigenvalue weighted by molar-refractivity contribution is 5.84. The largest absolute Gasteiger partial charge is 0.481 e. The average molecular weight is 259 g/mol. The van der Waals surface area contributed by atoms with Crippen molar-refractivity contribution in [3.05, 3.63) is 0 Å². The summed E-state index contributed by atoms with van der Waals surface area (Å²) in [5.41, 5.74) is -0.512. The van der Waals surface area contributed by atoms with Crippen LogP contribution < -0.4 is 10.6 Å². The highest BCUT2D eigenvalue weighted by atomic mass is 16.4. The number of carboxylic acid groups (broad SMARTS) is 1. The van der Waals surface area contributed by atoms with Crippen LogP contribution >= 0.6 is 0 Å². The van der Waals surface area contributed by atoms with E-state index in [9.17, 15) is 14.4 Å². The first-order chi connectivity index (χ1) is 8.18. The van der Waals surface area contributed by atoms with Crippen molar-refractivity contribution in [3.63, 3.8) is 0 Å². The number of likely N-dealkylation sites (N-methyl/N-ethyl adjacent to an activating group) is 1. The van der Waals surface area contributed by atoms with E-state index in [0.29, 0.717) is 0 Å². The molecule has 0 aromatic heterocycles. The van der Waals surface area contributed by atoms with Crippen molar-refractivity contribution in [1.82, 2.24) is 15.5 Å². The number of carbonyl (C=O) groups is 3. The zero-order chi connectivity index (χ0) is 14.3. The number of carbonyl (C=O) groups excluding carboxylic acids is 2. The Balaban J connectivity index is 4.51. The van der Waals surface area contributed by atoms with Crippen LogP contribution in [0.3, 0.4) is 0 Å². The fourth-order valence-corrected chi connectivity index (χ4v) is 1.29. The predicted octanol–water partition coefficient (Wildman–Crippen LogP) is 0.0172. The highest BCUT2D eigenvalue weighted by Crippen LogP contribution is 2.13. The van der Waals surface area contributed by atoms with E-state index in [-0.39, 0.29) is 25.4 Å². The SMILES string of the molecule is CNC(=O)CNC(=O)N(CCC(=O)O)C(C)(C)C. The standard InChI is InChI=1S/C11H21N3O4/c1-11(2,3)14(6-5-9(16)17)10(18)13-7-8(15)12-4/h5-7H2,1-4H3,(H,12,15)(H,13,18)(H,16,17). The molecule has 7 heteroatoms. The monoisotopic (exact) mass is 259 g/mol. The summed E-state index contributed by atoms with van der Waals surface area (Å²) in [6, 6.07) is -0.452. The molecule has 0 radical (unpaired) electrons. The van der Waals surface area contributed by atoms with Gasteiger partial charge in [0.15, 0.2) is 0 Å². The zero-order valence-corrected chi connectivity index (χ0v) is 11.2. The van der Waals surface area contributed by atoms with E-state index in [1.807, 2.05) is 0 Å². The number of carboxylic acids is 1. The van der Waals surface area contributed by atoms with E-state index in [1.165, 1.54) is 11.9 Å². The van der Waals surface area contributed by atoms with E-state index in [4.69, 9.17) is 5.11 Å². The lowest BCUT2D eigenvalue weighted by molar-refractivity contribution is -0.137. The van der Waals surface area contributed by atoms with Crippen molar-refractivity contribution < 1.29 is 19.5 Å². The minimum absolute atomic E-state index is 0.0956. The van der Waals surface area contributed by atoms with Gasteiger partial charge in [-0.05, 0) is 20.8 Å². The summed E-state index contributed by atoms with van der Waals surface area (Å²) in [5.74, 6) is -1.28. The van der Waals surface area contributed by atoms with Gasteiger partial charge in [-0.2, -0.15) is 0 Å². The number of urea groups is 1. The molecule has 0 bridgehead atoms. The Morgan fingerprint density at radius 3 is 2.17 bits per heavy atom. The first-order valence-electron chi connectivity index (χ1n) is 5.66. The molecule has 0 heterocycles. The van der Waals surface area contributed by atoms with E-state index in [1.54, 1.807) is 20.8 Å². The molecule has 0 atom stereocenters. The van der Waals surface area contributed by atoms with Gasteiger partial charge in [0.2, 0.25) is 5.91 Å². The third-order valence-electron chi connectivity index (χ3n) is 2.28. The summed E-state index contributed by atoms with van der Waals surface area (Å²) in [6.07, 6.45) is -0.134. The van der Waals surface area contributed by atoms with Crippen LogP contribution in [0.2, 0.25) is 0 Å². The quantitative estimate of drug-likeness (QED) is 0.648. The molecule has 0 aliphatic rings. The molecule has 0 aliphatic carbocycles. The maximum atomic E-state index is 11.9. The lowest BCUT2D eigenvalue weighted by atomic mass is 10.1. The number of aliphatic carboxylic acids is 1. The van der Waals surface area contributed by atoms with Crippen molar-refractivity contribution in [2.75, 3.05) is 20.1 Å². The Morgan fingerprint density at radius 2 is 1.78 bits per heavy atom. The van der Waals surface area contributed by atoms with E-state index >= 15 is 0 Å². The number of hydrogen-bond donors (Lipinski definition) is 3. The molecule has 104 valence electrons. The van der Waals surface area contributed by atoms with E-state index in [0.717, 1.165) is 0 Å². The topological polar surface area (TPSA) is 98.7 Å². The van der Waals surface area contributed by atoms with Gasteiger partial charge in [0.1, 0.15) is 0 Å². The van der Waals surface area contributed by atoms with Gasteiger partial charge in [-0.1, -0.05) is 0 Å². The molecule has 7 nitrogen and oxygen atoms in total. The lowest BCUT2D eigenvalue weighted by Gasteiger charge is -2.35. The second kappa shape index (κ2) is 6.83. The fourth-order valence-electron chi connectivity index (χ4n) is 1.29. The normalized spacial score (nSPS) is 10.7. The number of amides is 3. The number of rotatable bonds is 5. The summed E-state index contributed by atoms with van der Waals surface area (Å²) in [6.45, 7) is 5.37. The fraction of sp³-hybridized carbons (Fsp3) is 0.727. The number of hydrogen-bond acceptors (Lipinski definition) is 3. The summed E-state index contributed by atoms with van der Waals surface area (Å²) >= 11 is 0. The number of nitrogens with zero attached hydrogens (tertiary/aromatic N) is 1. The zero-order valence-electron chi connectivity index (χ0n) is 11.2. The van der Waals surface area contributed by atoms with Gasteiger partial charge in [-0.3, -0.25) is 9.59 Å². The van der Waals surface area contributed by atoms with Crippen LogP contribution in [0.4, 0.5) is 4.79 Å². The predicted molar refractivity (Wildman–Crippen MR) is 66.2 cm³/mol. The summed E-state index contributed by atoms with van der Waals surface area (Å²) in [5, 5.41) is 13.5. The summed E-state index contributed by atoms with van der Waals surface area (Å²) in [7, 11) is 1.47. The molecule has 0 aromatic rings. The molecule has 0 saturated heterocycles. The molecule has 0 fully saturated rings. The van der Waals surface area contributed by atoms with Crippen LogP contribution in [0.1, 0.15) is 27.2 Å². The van der Waals surface area contributed by atoms with Crippen molar-refractivity contribution in [2.24, 2.45) is 0 Å². The van der Waals surface area contributed by atoms with Gasteiger partial charge < -0.3 is 20.6 Å². The van der Waals surface area contributed by atoms with Gasteiger partial charge >= 0.3 is 12.0 Å². The van der Waals surface area contributed by atoms with Crippen LogP contribution in [0.15, 0.2) is 0 Å². The molecule has 0 aromatic carbocycles. The minimum Gasteiger partial charge on any atom is -0.481 e. The second-order valence-electron chi connectivity index (χ2n) is 4.80. The van der Waals surface area contributed by atoms with Gasteiger partial charge in [-0.25, -0.2) is 4.79 Å². The molecule has 3 amide bonds. The molecule has 0 aliphatic heterocycles. The molecular formula is C11H21N3O4. The van der Waals surface area contributed by atoms with Gasteiger partial charge in [0, 0.05) is 19.1 Å². The van der Waals surface area contributed by atoms with E-state index in [2.05, 4.69) is 10.6 Å². The van der Waals surface area contributed by atoms with Crippen molar-refractivity contribution in [3.8, 4) is 0 Å². The van der Waals surface area contributed by atoms with Crippen LogP contribution in [-0.2, 0) is 9.59 Å². The Morgan fingerprint density at radius 1 is 1.22 bits per heavy atom. The Kier molecular flexibility index (Phi) is 6.15. The third-order valence-corrected chi connectivity index (χ3v) is 2.28. The summed E-state index contributed by atoms with van der Waals surface area (Å²) < 4.78 is 0.